The van der Waals surface area contributed by atoms with E-state index in [0.29, 0.717) is 12.2 Å². The lowest BCUT2D eigenvalue weighted by molar-refractivity contribution is 0.0526. The normalized spacial score (nSPS) is 27.0. The van der Waals surface area contributed by atoms with E-state index in [4.69, 9.17) is 4.74 Å². The molecule has 0 radical (unpaired) electrons. The van der Waals surface area contributed by atoms with Crippen molar-refractivity contribution in [2.45, 2.75) is 104 Å². The third kappa shape index (κ3) is 7.13. The first-order valence-electron chi connectivity index (χ1n) is 13.0. The van der Waals surface area contributed by atoms with Gasteiger partial charge in [-0.1, -0.05) is 70.4 Å². The minimum Gasteiger partial charge on any atom is -0.462 e. The van der Waals surface area contributed by atoms with Crippen LogP contribution in [0, 0.1) is 23.7 Å². The number of hydrogen-bond acceptors (Lipinski definition) is 2. The van der Waals surface area contributed by atoms with Crippen molar-refractivity contribution < 1.29 is 9.53 Å². The molecule has 0 heterocycles. The molecule has 1 aromatic carbocycles. The molecule has 0 amide bonds. The summed E-state index contributed by atoms with van der Waals surface area (Å²) in [7, 11) is 0. The van der Waals surface area contributed by atoms with Gasteiger partial charge in [-0.25, -0.2) is 4.79 Å². The molecule has 0 aliphatic heterocycles. The number of unbranched alkanes of at least 4 members (excludes halogenated alkanes) is 2. The molecular weight excluding hydrogens is 368 g/mol. The summed E-state index contributed by atoms with van der Waals surface area (Å²) >= 11 is 0. The summed E-state index contributed by atoms with van der Waals surface area (Å²) in [6.45, 7) is 4.60. The van der Waals surface area contributed by atoms with Gasteiger partial charge in [0.2, 0.25) is 0 Å². The quantitative estimate of drug-likeness (QED) is 0.287. The molecule has 2 nitrogen and oxygen atoms in total. The van der Waals surface area contributed by atoms with E-state index >= 15 is 0 Å². The minimum atomic E-state index is -0.211. The predicted octanol–water partition coefficient (Wildman–Crippen LogP) is 7.99. The Morgan fingerprint density at radius 3 is 1.90 bits per heavy atom. The number of carbonyl (C=O) groups excluding carboxylic acids is 1. The van der Waals surface area contributed by atoms with Crippen LogP contribution in [0.5, 0.6) is 0 Å². The molecule has 0 bridgehead atoms. The SMILES string of the molecule is CCCCC[C@H]1CC[C@H](C2CCC(CCc3ccc(C(=O)OCC)cc3)CC2)CC1. The highest BCUT2D eigenvalue weighted by molar-refractivity contribution is 5.89. The van der Waals surface area contributed by atoms with Gasteiger partial charge in [-0.05, 0) is 86.8 Å². The number of carbonyl (C=O) groups is 1. The van der Waals surface area contributed by atoms with Gasteiger partial charge in [0.05, 0.1) is 12.2 Å². The molecule has 0 unspecified atom stereocenters. The smallest absolute Gasteiger partial charge is 0.338 e. The van der Waals surface area contributed by atoms with Gasteiger partial charge in [0, 0.05) is 0 Å². The van der Waals surface area contributed by atoms with Gasteiger partial charge >= 0.3 is 5.97 Å². The maximum Gasteiger partial charge on any atom is 0.338 e. The van der Waals surface area contributed by atoms with Crippen molar-refractivity contribution in [2.75, 3.05) is 6.61 Å². The second-order valence-corrected chi connectivity index (χ2v) is 10.0. The molecule has 2 heteroatoms. The van der Waals surface area contributed by atoms with E-state index in [1.165, 1.54) is 89.0 Å². The van der Waals surface area contributed by atoms with Crippen molar-refractivity contribution in [1.29, 1.82) is 0 Å². The third-order valence-corrected chi connectivity index (χ3v) is 7.97. The van der Waals surface area contributed by atoms with Gasteiger partial charge in [-0.3, -0.25) is 0 Å². The summed E-state index contributed by atoms with van der Waals surface area (Å²) < 4.78 is 5.07. The van der Waals surface area contributed by atoms with Gasteiger partial charge in [-0.2, -0.15) is 0 Å². The Morgan fingerprint density at radius 1 is 0.800 bits per heavy atom. The number of hydrogen-bond donors (Lipinski definition) is 0. The molecule has 2 aliphatic carbocycles. The molecule has 0 saturated heterocycles. The summed E-state index contributed by atoms with van der Waals surface area (Å²) in [6.07, 6.45) is 20.0. The first kappa shape index (κ1) is 23.4. The summed E-state index contributed by atoms with van der Waals surface area (Å²) in [5.41, 5.74) is 2.02. The maximum atomic E-state index is 11.8. The topological polar surface area (TPSA) is 26.3 Å². The van der Waals surface area contributed by atoms with Crippen molar-refractivity contribution in [3.8, 4) is 0 Å². The molecule has 0 N–H and O–H groups in total. The van der Waals surface area contributed by atoms with Crippen LogP contribution < -0.4 is 0 Å². The van der Waals surface area contributed by atoms with Gasteiger partial charge in [0.1, 0.15) is 0 Å². The second-order valence-electron chi connectivity index (χ2n) is 10.0. The van der Waals surface area contributed by atoms with Crippen LogP contribution in [0.15, 0.2) is 24.3 Å². The summed E-state index contributed by atoms with van der Waals surface area (Å²) in [5.74, 6) is 3.78. The number of aryl methyl sites for hydroxylation is 1. The fraction of sp³-hybridized carbons (Fsp3) is 0.750. The molecule has 1 aromatic rings. The third-order valence-electron chi connectivity index (χ3n) is 7.97. The second kappa shape index (κ2) is 12.5. The number of rotatable bonds is 10. The zero-order valence-corrected chi connectivity index (χ0v) is 19.5. The molecule has 0 atom stereocenters. The molecule has 2 saturated carbocycles. The van der Waals surface area contributed by atoms with E-state index in [-0.39, 0.29) is 5.97 Å². The summed E-state index contributed by atoms with van der Waals surface area (Å²) in [6, 6.07) is 8.05. The largest absolute Gasteiger partial charge is 0.462 e. The van der Waals surface area contributed by atoms with Crippen molar-refractivity contribution in [3.05, 3.63) is 35.4 Å². The molecule has 168 valence electrons. The van der Waals surface area contributed by atoms with Crippen LogP contribution in [-0.4, -0.2) is 12.6 Å². The Morgan fingerprint density at radius 2 is 1.37 bits per heavy atom. The highest BCUT2D eigenvalue weighted by Crippen LogP contribution is 2.43. The Labute approximate surface area is 185 Å². The molecule has 2 fully saturated rings. The highest BCUT2D eigenvalue weighted by Gasteiger charge is 2.30. The van der Waals surface area contributed by atoms with E-state index in [9.17, 15) is 4.79 Å². The van der Waals surface area contributed by atoms with Gasteiger partial charge in [-0.15, -0.1) is 0 Å². The van der Waals surface area contributed by atoms with Crippen molar-refractivity contribution >= 4 is 5.97 Å². The lowest BCUT2D eigenvalue weighted by atomic mass is 9.68. The van der Waals surface area contributed by atoms with Crippen LogP contribution >= 0.6 is 0 Å². The summed E-state index contributed by atoms with van der Waals surface area (Å²) in [5, 5.41) is 0. The van der Waals surface area contributed by atoms with E-state index in [1.807, 2.05) is 19.1 Å². The standard InChI is InChI=1S/C28H44O2/c1-3-5-6-7-22-10-16-25(17-11-22)26-18-12-23(13-19-26)8-9-24-14-20-27(21-15-24)28(29)30-4-2/h14-15,20-23,25-26H,3-13,16-19H2,1-2H3/t22-,23?,25-,26?. The molecule has 0 aromatic heterocycles. The zero-order chi connectivity index (χ0) is 21.2. The average Bonchev–Trinajstić information content (AvgIpc) is 2.79. The lowest BCUT2D eigenvalue weighted by Gasteiger charge is -2.38. The number of ether oxygens (including phenoxy) is 1. The van der Waals surface area contributed by atoms with Crippen LogP contribution in [0.1, 0.15) is 113 Å². The van der Waals surface area contributed by atoms with Crippen LogP contribution in [0.4, 0.5) is 0 Å². The van der Waals surface area contributed by atoms with Crippen LogP contribution in [0.2, 0.25) is 0 Å². The van der Waals surface area contributed by atoms with Crippen molar-refractivity contribution in [2.24, 2.45) is 23.7 Å². The van der Waals surface area contributed by atoms with E-state index < -0.39 is 0 Å². The van der Waals surface area contributed by atoms with Gasteiger partial charge in [0.25, 0.3) is 0 Å². The number of esters is 1. The molecular formula is C28H44O2. The minimum absolute atomic E-state index is 0.211. The molecule has 2 aliphatic rings. The van der Waals surface area contributed by atoms with E-state index in [2.05, 4.69) is 19.1 Å². The fourth-order valence-corrected chi connectivity index (χ4v) is 5.97. The summed E-state index contributed by atoms with van der Waals surface area (Å²) in [4.78, 5) is 11.8. The average molecular weight is 413 g/mol. The molecule has 0 spiro atoms. The van der Waals surface area contributed by atoms with Crippen LogP contribution in [-0.2, 0) is 11.2 Å². The van der Waals surface area contributed by atoms with Gasteiger partial charge in [0.15, 0.2) is 0 Å². The maximum absolute atomic E-state index is 11.8. The number of benzene rings is 1. The van der Waals surface area contributed by atoms with E-state index in [0.717, 1.165) is 30.1 Å². The Kier molecular flexibility index (Phi) is 9.75. The lowest BCUT2D eigenvalue weighted by Crippen LogP contribution is -2.26. The van der Waals surface area contributed by atoms with E-state index in [1.54, 1.807) is 0 Å². The first-order valence-corrected chi connectivity index (χ1v) is 13.0. The van der Waals surface area contributed by atoms with Crippen molar-refractivity contribution in [1.82, 2.24) is 0 Å². The van der Waals surface area contributed by atoms with Crippen molar-refractivity contribution in [3.63, 3.8) is 0 Å². The Balaban J connectivity index is 1.33. The predicted molar refractivity (Wildman–Crippen MR) is 126 cm³/mol. The van der Waals surface area contributed by atoms with Gasteiger partial charge < -0.3 is 4.74 Å². The van der Waals surface area contributed by atoms with Crippen LogP contribution in [0.25, 0.3) is 0 Å². The monoisotopic (exact) mass is 412 g/mol. The molecule has 3 rings (SSSR count). The molecule has 30 heavy (non-hydrogen) atoms. The van der Waals surface area contributed by atoms with Crippen LogP contribution in [0.3, 0.4) is 0 Å². The fourth-order valence-electron chi connectivity index (χ4n) is 5.97. The zero-order valence-electron chi connectivity index (χ0n) is 19.5. The Hall–Kier alpha value is -1.31. The highest BCUT2D eigenvalue weighted by atomic mass is 16.5. The Bertz CT molecular complexity index is 604. The first-order chi connectivity index (χ1) is 14.7.